The number of anilines is 1. The van der Waals surface area contributed by atoms with Crippen LogP contribution in [0.15, 0.2) is 41.5 Å². The maximum absolute atomic E-state index is 11.8. The summed E-state index contributed by atoms with van der Waals surface area (Å²) in [5.41, 5.74) is 0.214. The third-order valence-corrected chi connectivity index (χ3v) is 8.83. The van der Waals surface area contributed by atoms with Crippen LogP contribution in [0.5, 0.6) is 0 Å². The molecular formula is C31H48N4O9. The minimum atomic E-state index is -1.56. The number of nitro groups is 2. The second-order valence-electron chi connectivity index (χ2n) is 12.1. The zero-order chi connectivity index (χ0) is 32.2. The molecule has 0 saturated heterocycles. The summed E-state index contributed by atoms with van der Waals surface area (Å²) < 4.78 is 0. The Labute approximate surface area is 258 Å². The molecule has 1 saturated carbocycles. The molecule has 0 spiro atoms. The summed E-state index contributed by atoms with van der Waals surface area (Å²) in [7, 11) is 0. The summed E-state index contributed by atoms with van der Waals surface area (Å²) in [6.07, 6.45) is 9.84. The second kappa shape index (κ2) is 17.5. The van der Waals surface area contributed by atoms with Crippen molar-refractivity contribution in [3.63, 3.8) is 0 Å². The number of nitrogens with one attached hydrogen (secondary N) is 2. The summed E-state index contributed by atoms with van der Waals surface area (Å²) in [6.45, 7) is 1.55. The Kier molecular flexibility index (Phi) is 14.2. The lowest BCUT2D eigenvalue weighted by molar-refractivity contribution is -0.393. The van der Waals surface area contributed by atoms with Crippen molar-refractivity contribution in [3.8, 4) is 0 Å². The van der Waals surface area contributed by atoms with Crippen molar-refractivity contribution >= 4 is 17.1 Å². The topological polar surface area (TPSA) is 211 Å². The van der Waals surface area contributed by atoms with Crippen LogP contribution in [0.2, 0.25) is 0 Å². The molecule has 1 fully saturated rings. The van der Waals surface area contributed by atoms with E-state index in [-0.39, 0.29) is 23.7 Å². The average Bonchev–Trinajstić information content (AvgIpc) is 3.02. The minimum absolute atomic E-state index is 0.0286. The minimum Gasteiger partial charge on any atom is -0.392 e. The van der Waals surface area contributed by atoms with Crippen molar-refractivity contribution in [3.05, 3.63) is 61.7 Å². The zero-order valence-corrected chi connectivity index (χ0v) is 25.4. The van der Waals surface area contributed by atoms with E-state index in [4.69, 9.17) is 0 Å². The molecule has 2 aliphatic rings. The number of aliphatic hydroxyl groups is 5. The van der Waals surface area contributed by atoms with Crippen LogP contribution in [0.25, 0.3) is 0 Å². The first kappa shape index (κ1) is 35.5. The highest BCUT2D eigenvalue weighted by atomic mass is 16.6. The molecule has 246 valence electrons. The van der Waals surface area contributed by atoms with Gasteiger partial charge in [0.25, 0.3) is 11.4 Å². The number of hydrogen-bond donors (Lipinski definition) is 7. The smallest absolute Gasteiger partial charge is 0.299 e. The fraction of sp³-hybridized carbons (Fsp3) is 0.677. The van der Waals surface area contributed by atoms with Crippen molar-refractivity contribution in [2.45, 2.75) is 114 Å². The highest BCUT2D eigenvalue weighted by molar-refractivity contribution is 5.66. The standard InChI is InChI=1S/C31H48N4O9/c1-20-11-9-7-5-3-2-4-6-8-10-12-21(20)16-28(37)26(18-32-25-15-22(19-36)29(38)31(40)30(25)39)33-24-14-13-23(34(41)42)17-27(24)35(43)44/h13-17,20,25-26,28-33,36-40H,2-12,18-19H2,1H3/b21-16+/t20?,25?,26?,28-,29-,30+,31?/m1/s1. The monoisotopic (exact) mass is 620 g/mol. The molecule has 0 bridgehead atoms. The SMILES string of the molecule is CC1CCCCCCCCCCC/C1=C\[C@@H](O)C(CNC1C=C(CO)[C@@H](O)C(O)[C@H]1O)Nc1ccc([N+](=O)[O-])cc1[N+](=O)[O-]. The number of rotatable bonds is 10. The Morgan fingerprint density at radius 2 is 1.59 bits per heavy atom. The zero-order valence-electron chi connectivity index (χ0n) is 25.4. The molecule has 1 aromatic carbocycles. The molecule has 2 aliphatic carbocycles. The van der Waals surface area contributed by atoms with E-state index in [1.54, 1.807) is 6.08 Å². The molecule has 0 amide bonds. The van der Waals surface area contributed by atoms with Gasteiger partial charge in [0.1, 0.15) is 24.0 Å². The molecule has 13 heteroatoms. The van der Waals surface area contributed by atoms with Crippen molar-refractivity contribution < 1.29 is 35.4 Å². The molecule has 4 unspecified atom stereocenters. The number of nitro benzene ring substituents is 2. The second-order valence-corrected chi connectivity index (χ2v) is 12.1. The van der Waals surface area contributed by atoms with E-state index in [1.165, 1.54) is 37.8 Å². The van der Waals surface area contributed by atoms with E-state index < -0.39 is 64.3 Å². The molecular weight excluding hydrogens is 572 g/mol. The molecule has 3 rings (SSSR count). The van der Waals surface area contributed by atoms with Crippen molar-refractivity contribution in [2.24, 2.45) is 5.92 Å². The van der Waals surface area contributed by atoms with Crippen molar-refractivity contribution in [2.75, 3.05) is 18.5 Å². The summed E-state index contributed by atoms with van der Waals surface area (Å²) in [4.78, 5) is 21.6. The number of non-ortho nitro benzene ring substituents is 1. The molecule has 1 aromatic rings. The Morgan fingerprint density at radius 3 is 2.20 bits per heavy atom. The first-order chi connectivity index (χ1) is 21.0. The van der Waals surface area contributed by atoms with Crippen LogP contribution in [-0.2, 0) is 0 Å². The summed E-state index contributed by atoms with van der Waals surface area (Å²) in [6, 6.07) is 1.41. The summed E-state index contributed by atoms with van der Waals surface area (Å²) in [5.74, 6) is 0.222. The van der Waals surface area contributed by atoms with Gasteiger partial charge >= 0.3 is 0 Å². The van der Waals surface area contributed by atoms with E-state index in [9.17, 15) is 45.8 Å². The van der Waals surface area contributed by atoms with Gasteiger partial charge in [0.05, 0.1) is 40.7 Å². The maximum Gasteiger partial charge on any atom is 0.299 e. The van der Waals surface area contributed by atoms with Crippen LogP contribution < -0.4 is 10.6 Å². The van der Waals surface area contributed by atoms with Crippen LogP contribution in [0.3, 0.4) is 0 Å². The van der Waals surface area contributed by atoms with Gasteiger partial charge in [-0.25, -0.2) is 0 Å². The first-order valence-electron chi connectivity index (χ1n) is 15.7. The fourth-order valence-corrected chi connectivity index (χ4v) is 6.03. The molecule has 0 radical (unpaired) electrons. The van der Waals surface area contributed by atoms with Crippen LogP contribution >= 0.6 is 0 Å². The van der Waals surface area contributed by atoms with Gasteiger partial charge in [-0.2, -0.15) is 0 Å². The van der Waals surface area contributed by atoms with Crippen molar-refractivity contribution in [1.29, 1.82) is 0 Å². The van der Waals surface area contributed by atoms with Gasteiger partial charge in [0, 0.05) is 12.6 Å². The van der Waals surface area contributed by atoms with Gasteiger partial charge in [-0.05, 0) is 36.8 Å². The predicted octanol–water partition coefficient (Wildman–Crippen LogP) is 3.48. The first-order valence-corrected chi connectivity index (χ1v) is 15.7. The predicted molar refractivity (Wildman–Crippen MR) is 166 cm³/mol. The molecule has 7 atom stereocenters. The van der Waals surface area contributed by atoms with Crippen molar-refractivity contribution in [1.82, 2.24) is 5.32 Å². The molecule has 13 nitrogen and oxygen atoms in total. The quantitative estimate of drug-likeness (QED) is 0.114. The number of aliphatic hydroxyl groups excluding tert-OH is 5. The highest BCUT2D eigenvalue weighted by Crippen LogP contribution is 2.31. The van der Waals surface area contributed by atoms with Gasteiger partial charge in [-0.1, -0.05) is 76.0 Å². The van der Waals surface area contributed by atoms with E-state index in [0.717, 1.165) is 62.7 Å². The molecule has 0 aromatic heterocycles. The summed E-state index contributed by atoms with van der Waals surface area (Å²) in [5, 5.41) is 81.3. The number of benzene rings is 1. The third kappa shape index (κ3) is 10.0. The molecule has 44 heavy (non-hydrogen) atoms. The molecule has 0 heterocycles. The van der Waals surface area contributed by atoms with Gasteiger partial charge in [-0.3, -0.25) is 20.2 Å². The number of allylic oxidation sites excluding steroid dienone is 1. The van der Waals surface area contributed by atoms with E-state index in [1.807, 2.05) is 0 Å². The number of hydrogen-bond acceptors (Lipinski definition) is 11. The van der Waals surface area contributed by atoms with Crippen LogP contribution in [-0.4, -0.2) is 85.0 Å². The summed E-state index contributed by atoms with van der Waals surface area (Å²) >= 11 is 0. The average molecular weight is 621 g/mol. The van der Waals surface area contributed by atoms with Gasteiger partial charge in [0.2, 0.25) is 0 Å². The van der Waals surface area contributed by atoms with Gasteiger partial charge in [-0.15, -0.1) is 0 Å². The Morgan fingerprint density at radius 1 is 0.955 bits per heavy atom. The Balaban J connectivity index is 1.92. The van der Waals surface area contributed by atoms with E-state index in [2.05, 4.69) is 17.6 Å². The highest BCUT2D eigenvalue weighted by Gasteiger charge is 2.37. The largest absolute Gasteiger partial charge is 0.392 e. The lowest BCUT2D eigenvalue weighted by Gasteiger charge is -2.36. The van der Waals surface area contributed by atoms with Crippen LogP contribution in [0, 0.1) is 26.1 Å². The molecule has 7 N–H and O–H groups in total. The lowest BCUT2D eigenvalue weighted by atomic mass is 9.87. The normalized spacial score (nSPS) is 28.1. The van der Waals surface area contributed by atoms with Crippen LogP contribution in [0.1, 0.15) is 77.6 Å². The maximum atomic E-state index is 11.8. The fourth-order valence-electron chi connectivity index (χ4n) is 6.03. The van der Waals surface area contributed by atoms with Crippen LogP contribution in [0.4, 0.5) is 17.1 Å². The van der Waals surface area contributed by atoms with E-state index in [0.29, 0.717) is 0 Å². The Bertz CT molecular complexity index is 1160. The molecule has 0 aliphatic heterocycles. The van der Waals surface area contributed by atoms with Gasteiger partial charge < -0.3 is 36.2 Å². The van der Waals surface area contributed by atoms with E-state index >= 15 is 0 Å². The number of nitrogens with zero attached hydrogens (tertiary/aromatic N) is 2. The lowest BCUT2D eigenvalue weighted by Crippen LogP contribution is -2.56. The van der Waals surface area contributed by atoms with Gasteiger partial charge in [0.15, 0.2) is 0 Å². The Hall–Kier alpha value is -2.94. The third-order valence-electron chi connectivity index (χ3n) is 8.83.